The molecule has 0 spiro atoms. The number of ether oxygens (including phenoxy) is 1. The van der Waals surface area contributed by atoms with Gasteiger partial charge in [-0.3, -0.25) is 14.5 Å². The third kappa shape index (κ3) is 8.11. The molecule has 1 aliphatic heterocycles. The number of benzene rings is 2. The van der Waals surface area contributed by atoms with Crippen LogP contribution < -0.4 is 26.0 Å². The van der Waals surface area contributed by atoms with Crippen molar-refractivity contribution in [2.24, 2.45) is 5.92 Å². The lowest BCUT2D eigenvalue weighted by molar-refractivity contribution is -0.137. The molecule has 4 N–H and O–H groups in total. The molecule has 2 fully saturated rings. The molecule has 0 unspecified atom stereocenters. The van der Waals surface area contributed by atoms with E-state index in [2.05, 4.69) is 48.1 Å². The Labute approximate surface area is 272 Å². The fourth-order valence-corrected chi connectivity index (χ4v) is 6.15. The molecule has 2 amide bonds. The molecule has 1 saturated heterocycles. The number of likely N-dealkylation sites (N-methyl/N-ethyl adjacent to an activating group) is 1. The second-order valence-electron chi connectivity index (χ2n) is 12.0. The van der Waals surface area contributed by atoms with Crippen molar-refractivity contribution in [1.82, 2.24) is 25.1 Å². The number of methoxy groups -OCH3 is 1. The summed E-state index contributed by atoms with van der Waals surface area (Å²) in [6.07, 6.45) is -0.445. The third-order valence-corrected chi connectivity index (χ3v) is 8.92. The average Bonchev–Trinajstić information content (AvgIpc) is 3.06. The summed E-state index contributed by atoms with van der Waals surface area (Å²) in [5.74, 6) is -0.917. The molecule has 2 aromatic carbocycles. The maximum absolute atomic E-state index is 14.0. The Balaban J connectivity index is 1.29. The molecular formula is C33H41F3N8O3. The molecule has 0 radical (unpaired) electrons. The van der Waals surface area contributed by atoms with Gasteiger partial charge >= 0.3 is 6.18 Å². The minimum absolute atomic E-state index is 0.0429. The highest BCUT2D eigenvalue weighted by atomic mass is 19.4. The standard InChI is InChI=1S/C33H41F3N8O3/c1-20-6-5-7-24(31(46)37-2)28(20)41-29-25(33(34,35)36)19-38-32(42-29)40-26-13-10-22(18-27(26)47-4)39-30(45)21-8-11-23(12-9-21)44-16-14-43(3)15-17-44/h5-7,10,13,18-19,21,23H,8-9,11-12,14-17H2,1-4H3,(H,37,46)(H,39,45)(H2,38,40,41,42). The number of hydrogen-bond acceptors (Lipinski definition) is 9. The summed E-state index contributed by atoms with van der Waals surface area (Å²) in [7, 11) is 5.03. The summed E-state index contributed by atoms with van der Waals surface area (Å²) in [4.78, 5) is 38.5. The molecule has 47 heavy (non-hydrogen) atoms. The van der Waals surface area contributed by atoms with Crippen molar-refractivity contribution in [2.75, 3.05) is 63.3 Å². The zero-order chi connectivity index (χ0) is 33.7. The quantitative estimate of drug-likeness (QED) is 0.240. The van der Waals surface area contributed by atoms with Crippen molar-refractivity contribution in [3.05, 3.63) is 59.3 Å². The van der Waals surface area contributed by atoms with Crippen LogP contribution in [-0.4, -0.2) is 85.0 Å². The van der Waals surface area contributed by atoms with E-state index in [9.17, 15) is 22.8 Å². The molecule has 5 rings (SSSR count). The molecule has 1 saturated carbocycles. The number of carbonyl (C=O) groups is 2. The van der Waals surface area contributed by atoms with Gasteiger partial charge in [0.05, 0.1) is 24.0 Å². The van der Waals surface area contributed by atoms with Crippen molar-refractivity contribution >= 4 is 40.6 Å². The van der Waals surface area contributed by atoms with E-state index in [0.29, 0.717) is 34.9 Å². The van der Waals surface area contributed by atoms with Gasteiger partial charge < -0.3 is 30.9 Å². The summed E-state index contributed by atoms with van der Waals surface area (Å²) < 4.78 is 47.5. The number of halogens is 3. The first kappa shape index (κ1) is 33.9. The zero-order valence-electron chi connectivity index (χ0n) is 27.0. The fraction of sp³-hybridized carbons (Fsp3) is 0.455. The van der Waals surface area contributed by atoms with Crippen LogP contribution in [0.1, 0.15) is 47.2 Å². The normalized spacial score (nSPS) is 19.1. The highest BCUT2D eigenvalue weighted by molar-refractivity contribution is 6.01. The summed E-state index contributed by atoms with van der Waals surface area (Å²) in [5.41, 5.74) is 0.719. The van der Waals surface area contributed by atoms with Crippen molar-refractivity contribution in [3.63, 3.8) is 0 Å². The van der Waals surface area contributed by atoms with E-state index in [-0.39, 0.29) is 29.0 Å². The molecule has 0 atom stereocenters. The fourth-order valence-electron chi connectivity index (χ4n) is 6.15. The van der Waals surface area contributed by atoms with Gasteiger partial charge in [0, 0.05) is 63.1 Å². The third-order valence-electron chi connectivity index (χ3n) is 8.92. The molecule has 14 heteroatoms. The van der Waals surface area contributed by atoms with E-state index < -0.39 is 23.5 Å². The minimum Gasteiger partial charge on any atom is -0.494 e. The van der Waals surface area contributed by atoms with Gasteiger partial charge in [-0.1, -0.05) is 12.1 Å². The number of nitrogens with zero attached hydrogens (tertiary/aromatic N) is 4. The van der Waals surface area contributed by atoms with Crippen LogP contribution in [0.5, 0.6) is 5.75 Å². The number of nitrogens with one attached hydrogen (secondary N) is 4. The maximum atomic E-state index is 14.0. The van der Waals surface area contributed by atoms with Crippen LogP contribution in [-0.2, 0) is 11.0 Å². The molecule has 2 heterocycles. The number of anilines is 5. The molecule has 1 aromatic heterocycles. The first-order chi connectivity index (χ1) is 22.5. The Kier molecular flexibility index (Phi) is 10.5. The largest absolute Gasteiger partial charge is 0.494 e. The lowest BCUT2D eigenvalue weighted by atomic mass is 9.84. The first-order valence-corrected chi connectivity index (χ1v) is 15.7. The van der Waals surface area contributed by atoms with Crippen LogP contribution >= 0.6 is 0 Å². The molecule has 1 aliphatic carbocycles. The van der Waals surface area contributed by atoms with Crippen molar-refractivity contribution in [2.45, 2.75) is 44.8 Å². The Morgan fingerprint density at radius 3 is 2.38 bits per heavy atom. The number of amides is 2. The molecule has 3 aromatic rings. The number of aryl methyl sites for hydroxylation is 1. The number of carbonyl (C=O) groups excluding carboxylic acids is 2. The molecule has 0 bridgehead atoms. The SMILES string of the molecule is CNC(=O)c1cccc(C)c1Nc1nc(Nc2ccc(NC(=O)C3CCC(N4CCN(C)CC4)CC3)cc2OC)ncc1C(F)(F)F. The van der Waals surface area contributed by atoms with Gasteiger partial charge in [0.25, 0.3) is 5.91 Å². The smallest absolute Gasteiger partial charge is 0.421 e. The van der Waals surface area contributed by atoms with Crippen LogP contribution in [0.2, 0.25) is 0 Å². The van der Waals surface area contributed by atoms with Crippen LogP contribution in [0.4, 0.5) is 42.0 Å². The number of piperazine rings is 1. The highest BCUT2D eigenvalue weighted by Gasteiger charge is 2.36. The second kappa shape index (κ2) is 14.6. The van der Waals surface area contributed by atoms with Crippen molar-refractivity contribution in [1.29, 1.82) is 0 Å². The van der Waals surface area contributed by atoms with E-state index in [0.717, 1.165) is 51.9 Å². The van der Waals surface area contributed by atoms with Gasteiger partial charge in [-0.2, -0.15) is 18.2 Å². The number of aromatic nitrogens is 2. The van der Waals surface area contributed by atoms with Crippen LogP contribution in [0, 0.1) is 12.8 Å². The predicted octanol–water partition coefficient (Wildman–Crippen LogP) is 5.40. The van der Waals surface area contributed by atoms with Gasteiger partial charge in [0.1, 0.15) is 17.1 Å². The molecule has 11 nitrogen and oxygen atoms in total. The summed E-state index contributed by atoms with van der Waals surface area (Å²) in [6, 6.07) is 10.3. The molecular weight excluding hydrogens is 613 g/mol. The Morgan fingerprint density at radius 2 is 1.72 bits per heavy atom. The Bertz CT molecular complexity index is 1590. The Morgan fingerprint density at radius 1 is 1.00 bits per heavy atom. The van der Waals surface area contributed by atoms with E-state index in [1.165, 1.54) is 20.2 Å². The van der Waals surface area contributed by atoms with Crippen LogP contribution in [0.25, 0.3) is 0 Å². The number of para-hydroxylation sites is 1. The monoisotopic (exact) mass is 654 g/mol. The van der Waals surface area contributed by atoms with Crippen molar-refractivity contribution in [3.8, 4) is 5.75 Å². The maximum Gasteiger partial charge on any atom is 0.421 e. The molecule has 2 aliphatic rings. The number of rotatable bonds is 9. The summed E-state index contributed by atoms with van der Waals surface area (Å²) in [5, 5.41) is 11.1. The Hall–Kier alpha value is -4.43. The van der Waals surface area contributed by atoms with E-state index in [4.69, 9.17) is 4.74 Å². The summed E-state index contributed by atoms with van der Waals surface area (Å²) >= 11 is 0. The van der Waals surface area contributed by atoms with Gasteiger partial charge in [-0.15, -0.1) is 0 Å². The van der Waals surface area contributed by atoms with Crippen LogP contribution in [0.15, 0.2) is 42.6 Å². The topological polar surface area (TPSA) is 124 Å². The highest BCUT2D eigenvalue weighted by Crippen LogP contribution is 2.38. The minimum atomic E-state index is -4.77. The second-order valence-corrected chi connectivity index (χ2v) is 12.0. The number of alkyl halides is 3. The van der Waals surface area contributed by atoms with E-state index in [1.807, 2.05) is 0 Å². The number of hydrogen-bond donors (Lipinski definition) is 4. The first-order valence-electron chi connectivity index (χ1n) is 15.7. The summed E-state index contributed by atoms with van der Waals surface area (Å²) in [6.45, 7) is 5.96. The van der Waals surface area contributed by atoms with Gasteiger partial charge in [0.2, 0.25) is 11.9 Å². The lowest BCUT2D eigenvalue weighted by Gasteiger charge is -2.40. The van der Waals surface area contributed by atoms with Crippen LogP contribution in [0.3, 0.4) is 0 Å². The predicted molar refractivity (Wildman–Crippen MR) is 175 cm³/mol. The van der Waals surface area contributed by atoms with E-state index >= 15 is 0 Å². The lowest BCUT2D eigenvalue weighted by Crippen LogP contribution is -2.50. The van der Waals surface area contributed by atoms with Gasteiger partial charge in [0.15, 0.2) is 0 Å². The average molecular weight is 655 g/mol. The molecule has 252 valence electrons. The van der Waals surface area contributed by atoms with Gasteiger partial charge in [-0.25, -0.2) is 4.98 Å². The van der Waals surface area contributed by atoms with Crippen molar-refractivity contribution < 1.29 is 27.5 Å². The van der Waals surface area contributed by atoms with E-state index in [1.54, 1.807) is 37.3 Å². The van der Waals surface area contributed by atoms with Gasteiger partial charge in [-0.05, 0) is 63.4 Å². The zero-order valence-corrected chi connectivity index (χ0v) is 27.0.